The molecule has 1 aromatic carbocycles. The van der Waals surface area contributed by atoms with Gasteiger partial charge in [-0.3, -0.25) is 4.79 Å². The van der Waals surface area contributed by atoms with Gasteiger partial charge in [0.15, 0.2) is 5.82 Å². The number of carbonyl (C=O) groups is 1. The fourth-order valence-corrected chi connectivity index (χ4v) is 4.57. The molecule has 4 rings (SSSR count). The van der Waals surface area contributed by atoms with Gasteiger partial charge in [-0.2, -0.15) is 0 Å². The Bertz CT molecular complexity index is 1140. The van der Waals surface area contributed by atoms with Crippen LogP contribution < -0.4 is 5.32 Å². The van der Waals surface area contributed by atoms with Gasteiger partial charge in [0.25, 0.3) is 0 Å². The summed E-state index contributed by atoms with van der Waals surface area (Å²) in [6.45, 7) is 3.55. The number of aryl methyl sites for hydroxylation is 1. The van der Waals surface area contributed by atoms with Gasteiger partial charge in [-0.15, -0.1) is 11.3 Å². The molecule has 0 saturated heterocycles. The van der Waals surface area contributed by atoms with Crippen molar-refractivity contribution >= 4 is 45.0 Å². The first-order valence-corrected chi connectivity index (χ1v) is 10.2. The van der Waals surface area contributed by atoms with Crippen molar-refractivity contribution < 1.29 is 13.7 Å². The van der Waals surface area contributed by atoms with E-state index < -0.39 is 5.25 Å². The van der Waals surface area contributed by atoms with Crippen LogP contribution >= 0.6 is 23.1 Å². The van der Waals surface area contributed by atoms with Gasteiger partial charge in [-0.1, -0.05) is 29.1 Å². The van der Waals surface area contributed by atoms with Crippen LogP contribution in [0.25, 0.3) is 21.3 Å². The zero-order valence-electron chi connectivity index (χ0n) is 15.0. The molecule has 0 fully saturated rings. The predicted molar refractivity (Wildman–Crippen MR) is 108 cm³/mol. The Hall–Kier alpha value is -2.78. The largest absolute Gasteiger partial charge is 0.360 e. The third kappa shape index (κ3) is 3.76. The third-order valence-electron chi connectivity index (χ3n) is 4.03. The molecule has 0 aliphatic heterocycles. The third-order valence-corrected chi connectivity index (χ3v) is 6.01. The maximum atomic E-state index is 13.3. The van der Waals surface area contributed by atoms with Crippen LogP contribution in [0.15, 0.2) is 51.6 Å². The number of carbonyl (C=O) groups excluding carboxylic acids is 1. The Morgan fingerprint density at radius 3 is 2.79 bits per heavy atom. The fourth-order valence-electron chi connectivity index (χ4n) is 2.65. The zero-order chi connectivity index (χ0) is 19.7. The van der Waals surface area contributed by atoms with Gasteiger partial charge in [0.1, 0.15) is 27.8 Å². The summed E-state index contributed by atoms with van der Waals surface area (Å²) in [6, 6.07) is 7.95. The van der Waals surface area contributed by atoms with Crippen LogP contribution in [0.5, 0.6) is 0 Å². The molecule has 1 amide bonds. The van der Waals surface area contributed by atoms with Crippen molar-refractivity contribution in [1.82, 2.24) is 15.1 Å². The van der Waals surface area contributed by atoms with Crippen LogP contribution in [0.3, 0.4) is 0 Å². The van der Waals surface area contributed by atoms with E-state index in [4.69, 9.17) is 4.52 Å². The van der Waals surface area contributed by atoms with E-state index in [1.54, 1.807) is 32.0 Å². The molecule has 28 heavy (non-hydrogen) atoms. The number of hydrogen-bond acceptors (Lipinski definition) is 7. The van der Waals surface area contributed by atoms with Crippen LogP contribution in [-0.2, 0) is 4.79 Å². The Labute approximate surface area is 168 Å². The normalized spacial score (nSPS) is 12.2. The van der Waals surface area contributed by atoms with Crippen molar-refractivity contribution in [2.45, 2.75) is 24.1 Å². The average Bonchev–Trinajstić information content (AvgIpc) is 3.29. The number of nitrogens with zero attached hydrogens (tertiary/aromatic N) is 3. The smallest absolute Gasteiger partial charge is 0.238 e. The number of thioether (sulfide) groups is 1. The highest BCUT2D eigenvalue weighted by atomic mass is 32.2. The van der Waals surface area contributed by atoms with E-state index in [0.717, 1.165) is 21.3 Å². The second-order valence-corrected chi connectivity index (χ2v) is 8.27. The molecule has 1 atom stereocenters. The van der Waals surface area contributed by atoms with E-state index in [1.807, 2.05) is 5.38 Å². The monoisotopic (exact) mass is 414 g/mol. The maximum absolute atomic E-state index is 13.3. The number of amides is 1. The minimum Gasteiger partial charge on any atom is -0.360 e. The molecule has 3 aromatic heterocycles. The van der Waals surface area contributed by atoms with Gasteiger partial charge in [0.05, 0.1) is 10.6 Å². The minimum absolute atomic E-state index is 0.205. The first-order chi connectivity index (χ1) is 13.5. The number of anilines is 1. The van der Waals surface area contributed by atoms with Crippen molar-refractivity contribution in [1.29, 1.82) is 0 Å². The summed E-state index contributed by atoms with van der Waals surface area (Å²) in [5.41, 5.74) is 1.79. The highest BCUT2D eigenvalue weighted by molar-refractivity contribution is 8.00. The second-order valence-electron chi connectivity index (χ2n) is 6.09. The molecule has 1 N–H and O–H groups in total. The second kappa shape index (κ2) is 7.69. The Morgan fingerprint density at radius 1 is 1.29 bits per heavy atom. The number of fused-ring (bicyclic) bond motifs is 1. The van der Waals surface area contributed by atoms with Gasteiger partial charge in [-0.05, 0) is 31.5 Å². The molecule has 0 aliphatic carbocycles. The van der Waals surface area contributed by atoms with Gasteiger partial charge < -0.3 is 9.84 Å². The lowest BCUT2D eigenvalue weighted by atomic mass is 10.1. The summed E-state index contributed by atoms with van der Waals surface area (Å²) in [4.78, 5) is 22.0. The van der Waals surface area contributed by atoms with Crippen LogP contribution in [0.4, 0.5) is 10.2 Å². The molecule has 4 aromatic rings. The van der Waals surface area contributed by atoms with Gasteiger partial charge in [-0.25, -0.2) is 14.4 Å². The minimum atomic E-state index is -0.420. The molecule has 0 aliphatic rings. The fraction of sp³-hybridized carbons (Fsp3) is 0.158. The summed E-state index contributed by atoms with van der Waals surface area (Å²) in [6.07, 6.45) is 1.49. The van der Waals surface area contributed by atoms with Crippen molar-refractivity contribution in [3.63, 3.8) is 0 Å². The summed E-state index contributed by atoms with van der Waals surface area (Å²) in [5, 5.41) is 9.62. The number of rotatable bonds is 5. The molecule has 1 unspecified atom stereocenters. The van der Waals surface area contributed by atoms with E-state index in [2.05, 4.69) is 20.4 Å². The SMILES string of the molecule is Cc1cc(NC(=O)C(C)Sc2ncnc3scc(-c4ccc(F)cc4)c23)no1. The molecule has 0 bridgehead atoms. The van der Waals surface area contributed by atoms with E-state index in [-0.39, 0.29) is 11.7 Å². The van der Waals surface area contributed by atoms with E-state index in [9.17, 15) is 9.18 Å². The topological polar surface area (TPSA) is 80.9 Å². The van der Waals surface area contributed by atoms with Crippen LogP contribution in [-0.4, -0.2) is 26.3 Å². The lowest BCUT2D eigenvalue weighted by molar-refractivity contribution is -0.115. The van der Waals surface area contributed by atoms with Crippen LogP contribution in [0, 0.1) is 12.7 Å². The predicted octanol–water partition coefficient (Wildman–Crippen LogP) is 4.91. The first kappa shape index (κ1) is 18.6. The lowest BCUT2D eigenvalue weighted by Crippen LogP contribution is -2.22. The Morgan fingerprint density at radius 2 is 2.07 bits per heavy atom. The van der Waals surface area contributed by atoms with Crippen molar-refractivity contribution in [2.75, 3.05) is 5.32 Å². The van der Waals surface area contributed by atoms with Gasteiger partial charge >= 0.3 is 0 Å². The Balaban J connectivity index is 1.62. The van der Waals surface area contributed by atoms with Crippen LogP contribution in [0.2, 0.25) is 0 Å². The molecular formula is C19H15FN4O2S2. The van der Waals surface area contributed by atoms with Gasteiger partial charge in [0.2, 0.25) is 5.91 Å². The van der Waals surface area contributed by atoms with Crippen molar-refractivity contribution in [3.8, 4) is 11.1 Å². The van der Waals surface area contributed by atoms with Crippen molar-refractivity contribution in [3.05, 3.63) is 53.6 Å². The molecule has 9 heteroatoms. The van der Waals surface area contributed by atoms with E-state index >= 15 is 0 Å². The summed E-state index contributed by atoms with van der Waals surface area (Å²) < 4.78 is 18.2. The van der Waals surface area contributed by atoms with E-state index in [1.165, 1.54) is 41.6 Å². The zero-order valence-corrected chi connectivity index (χ0v) is 16.6. The standard InChI is InChI=1S/C19H15FN4O2S2/c1-10-7-15(24-26-10)23-17(25)11(2)28-19-16-14(8-27-18(16)21-9-22-19)12-3-5-13(20)6-4-12/h3-9,11H,1-2H3,(H,23,24,25). The van der Waals surface area contributed by atoms with Crippen molar-refractivity contribution in [2.24, 2.45) is 0 Å². The highest BCUT2D eigenvalue weighted by Crippen LogP contribution is 2.39. The molecular weight excluding hydrogens is 399 g/mol. The molecule has 0 saturated carbocycles. The number of thiophene rings is 1. The average molecular weight is 414 g/mol. The number of nitrogens with one attached hydrogen (secondary N) is 1. The van der Waals surface area contributed by atoms with Crippen LogP contribution in [0.1, 0.15) is 12.7 Å². The molecule has 0 radical (unpaired) electrons. The number of aromatic nitrogens is 3. The summed E-state index contributed by atoms with van der Waals surface area (Å²) in [7, 11) is 0. The highest BCUT2D eigenvalue weighted by Gasteiger charge is 2.20. The van der Waals surface area contributed by atoms with E-state index in [0.29, 0.717) is 16.6 Å². The van der Waals surface area contributed by atoms with Gasteiger partial charge in [0, 0.05) is 17.0 Å². The summed E-state index contributed by atoms with van der Waals surface area (Å²) >= 11 is 2.82. The molecule has 6 nitrogen and oxygen atoms in total. The number of hydrogen-bond donors (Lipinski definition) is 1. The first-order valence-electron chi connectivity index (χ1n) is 8.40. The summed E-state index contributed by atoms with van der Waals surface area (Å²) in [5.74, 6) is 0.506. The quantitative estimate of drug-likeness (QED) is 0.369. The molecule has 3 heterocycles. The molecule has 0 spiro atoms. The lowest BCUT2D eigenvalue weighted by Gasteiger charge is -2.11. The molecule has 142 valence electrons. The maximum Gasteiger partial charge on any atom is 0.238 e. The number of halogens is 1. The number of benzene rings is 1. The Kier molecular flexibility index (Phi) is 5.10.